The van der Waals surface area contributed by atoms with Gasteiger partial charge in [-0.25, -0.2) is 0 Å². The van der Waals surface area contributed by atoms with Gasteiger partial charge in [0.25, 0.3) is 0 Å². The molecule has 0 spiro atoms. The van der Waals surface area contributed by atoms with Crippen LogP contribution in [0, 0.1) is 12.8 Å². The summed E-state index contributed by atoms with van der Waals surface area (Å²) in [5.74, 6) is 3.22. The van der Waals surface area contributed by atoms with Gasteiger partial charge in [0, 0.05) is 10.6 Å². The minimum Gasteiger partial charge on any atom is -0.312 e. The van der Waals surface area contributed by atoms with Gasteiger partial charge in [0.2, 0.25) is 0 Å². The van der Waals surface area contributed by atoms with Crippen LogP contribution in [0.5, 0.6) is 0 Å². The number of aryl methyl sites for hydroxylation is 1. The van der Waals surface area contributed by atoms with Crippen LogP contribution in [0.15, 0.2) is 11.4 Å². The predicted molar refractivity (Wildman–Crippen MR) is 73.0 cm³/mol. The van der Waals surface area contributed by atoms with Crippen molar-refractivity contribution in [1.29, 1.82) is 0 Å². The number of rotatable bonds is 6. The number of hydrogen-bond donors (Lipinski definition) is 1. The third-order valence-electron chi connectivity index (χ3n) is 2.30. The second-order valence-corrected chi connectivity index (χ2v) is 6.26. The van der Waals surface area contributed by atoms with E-state index < -0.39 is 0 Å². The average Bonchev–Trinajstić information content (AvgIpc) is 2.59. The number of hydrogen-bond acceptors (Lipinski definition) is 3. The van der Waals surface area contributed by atoms with Crippen molar-refractivity contribution >= 4 is 23.1 Å². The van der Waals surface area contributed by atoms with Gasteiger partial charge in [0.1, 0.15) is 0 Å². The SMILES string of the molecule is CNC(CSCC(C)C)c1sccc1C. The molecule has 0 aliphatic carbocycles. The van der Waals surface area contributed by atoms with Crippen LogP contribution in [0.3, 0.4) is 0 Å². The van der Waals surface area contributed by atoms with Crippen molar-refractivity contribution < 1.29 is 0 Å². The lowest BCUT2D eigenvalue weighted by atomic mass is 10.2. The molecule has 0 aromatic carbocycles. The third kappa shape index (κ3) is 4.17. The molecule has 0 amide bonds. The van der Waals surface area contributed by atoms with E-state index in [-0.39, 0.29) is 0 Å². The zero-order valence-corrected chi connectivity index (χ0v) is 11.7. The summed E-state index contributed by atoms with van der Waals surface area (Å²) in [6.45, 7) is 6.75. The maximum Gasteiger partial charge on any atom is 0.0506 e. The van der Waals surface area contributed by atoms with E-state index in [4.69, 9.17) is 0 Å². The summed E-state index contributed by atoms with van der Waals surface area (Å²) in [6, 6.07) is 2.73. The van der Waals surface area contributed by atoms with E-state index >= 15 is 0 Å². The van der Waals surface area contributed by atoms with Gasteiger partial charge in [-0.1, -0.05) is 13.8 Å². The highest BCUT2D eigenvalue weighted by Crippen LogP contribution is 2.26. The van der Waals surface area contributed by atoms with Crippen LogP contribution in [0.4, 0.5) is 0 Å². The molecule has 0 aliphatic rings. The predicted octanol–water partition coefficient (Wildman–Crippen LogP) is 3.71. The van der Waals surface area contributed by atoms with Crippen molar-refractivity contribution in [3.63, 3.8) is 0 Å². The molecule has 1 nitrogen and oxygen atoms in total. The van der Waals surface area contributed by atoms with Crippen LogP contribution < -0.4 is 5.32 Å². The van der Waals surface area contributed by atoms with Crippen LogP contribution >= 0.6 is 23.1 Å². The minimum absolute atomic E-state index is 0.522. The molecule has 1 unspecified atom stereocenters. The standard InChI is InChI=1S/C12H21NS2/c1-9(2)7-14-8-11(13-4)12-10(3)5-6-15-12/h5-6,9,11,13H,7-8H2,1-4H3. The zero-order valence-electron chi connectivity index (χ0n) is 10.0. The largest absolute Gasteiger partial charge is 0.312 e. The van der Waals surface area contributed by atoms with Crippen molar-refractivity contribution in [2.75, 3.05) is 18.6 Å². The lowest BCUT2D eigenvalue weighted by molar-refractivity contribution is 0.667. The lowest BCUT2D eigenvalue weighted by Gasteiger charge is -2.16. The van der Waals surface area contributed by atoms with Gasteiger partial charge in [-0.2, -0.15) is 11.8 Å². The first-order valence-corrected chi connectivity index (χ1v) is 7.47. The first-order valence-electron chi connectivity index (χ1n) is 5.44. The molecule has 3 heteroatoms. The molecular formula is C12H21NS2. The van der Waals surface area contributed by atoms with Gasteiger partial charge >= 0.3 is 0 Å². The zero-order chi connectivity index (χ0) is 11.3. The Kier molecular flexibility index (Phi) is 5.72. The van der Waals surface area contributed by atoms with E-state index in [0.29, 0.717) is 6.04 Å². The van der Waals surface area contributed by atoms with Crippen LogP contribution in [0.2, 0.25) is 0 Å². The molecule has 0 aliphatic heterocycles. The van der Waals surface area contributed by atoms with Crippen molar-refractivity contribution in [3.05, 3.63) is 21.9 Å². The molecule has 1 heterocycles. The Morgan fingerprint density at radius 1 is 1.40 bits per heavy atom. The number of thioether (sulfide) groups is 1. The maximum absolute atomic E-state index is 3.41. The third-order valence-corrected chi connectivity index (χ3v) is 4.91. The Labute approximate surface area is 102 Å². The van der Waals surface area contributed by atoms with Crippen LogP contribution in [-0.4, -0.2) is 18.6 Å². The fraction of sp³-hybridized carbons (Fsp3) is 0.667. The molecule has 86 valence electrons. The first-order chi connectivity index (χ1) is 7.15. The van der Waals surface area contributed by atoms with E-state index in [1.807, 2.05) is 23.1 Å². The van der Waals surface area contributed by atoms with Crippen LogP contribution in [-0.2, 0) is 0 Å². The number of thiophene rings is 1. The Hall–Kier alpha value is 0.0100. The molecule has 1 atom stereocenters. The van der Waals surface area contributed by atoms with Gasteiger partial charge in [-0.05, 0) is 42.7 Å². The Morgan fingerprint density at radius 3 is 2.60 bits per heavy atom. The average molecular weight is 243 g/mol. The summed E-state index contributed by atoms with van der Waals surface area (Å²) >= 11 is 3.91. The van der Waals surface area contributed by atoms with E-state index in [0.717, 1.165) is 5.92 Å². The number of nitrogens with one attached hydrogen (secondary N) is 1. The fourth-order valence-corrected chi connectivity index (χ4v) is 3.77. The Morgan fingerprint density at radius 2 is 2.13 bits per heavy atom. The van der Waals surface area contributed by atoms with Crippen LogP contribution in [0.1, 0.15) is 30.3 Å². The van der Waals surface area contributed by atoms with Crippen molar-refractivity contribution in [2.45, 2.75) is 26.8 Å². The van der Waals surface area contributed by atoms with Crippen molar-refractivity contribution in [1.82, 2.24) is 5.32 Å². The first kappa shape index (κ1) is 13.1. The smallest absolute Gasteiger partial charge is 0.0506 e. The second kappa shape index (κ2) is 6.56. The van der Waals surface area contributed by atoms with Gasteiger partial charge in [-0.3, -0.25) is 0 Å². The molecule has 0 radical (unpaired) electrons. The van der Waals surface area contributed by atoms with E-state index in [9.17, 15) is 0 Å². The molecule has 0 saturated heterocycles. The van der Waals surface area contributed by atoms with E-state index in [2.05, 4.69) is 44.6 Å². The van der Waals surface area contributed by atoms with Gasteiger partial charge in [0.05, 0.1) is 6.04 Å². The maximum atomic E-state index is 3.41. The summed E-state index contributed by atoms with van der Waals surface area (Å²) < 4.78 is 0. The monoisotopic (exact) mass is 243 g/mol. The molecule has 1 N–H and O–H groups in total. The normalized spacial score (nSPS) is 13.4. The van der Waals surface area contributed by atoms with Crippen molar-refractivity contribution in [2.24, 2.45) is 5.92 Å². The van der Waals surface area contributed by atoms with Crippen LogP contribution in [0.25, 0.3) is 0 Å². The van der Waals surface area contributed by atoms with Crippen molar-refractivity contribution in [3.8, 4) is 0 Å². The van der Waals surface area contributed by atoms with Gasteiger partial charge in [0.15, 0.2) is 0 Å². The Bertz CT molecular complexity index is 281. The molecule has 15 heavy (non-hydrogen) atoms. The summed E-state index contributed by atoms with van der Waals surface area (Å²) in [5.41, 5.74) is 1.42. The quantitative estimate of drug-likeness (QED) is 0.817. The van der Waals surface area contributed by atoms with Gasteiger partial charge in [-0.15, -0.1) is 11.3 Å². The Balaban J connectivity index is 2.46. The highest BCUT2D eigenvalue weighted by Gasteiger charge is 2.13. The fourth-order valence-electron chi connectivity index (χ4n) is 1.45. The highest BCUT2D eigenvalue weighted by atomic mass is 32.2. The summed E-state index contributed by atoms with van der Waals surface area (Å²) in [6.07, 6.45) is 0. The molecule has 1 aromatic rings. The second-order valence-electron chi connectivity index (χ2n) is 4.24. The minimum atomic E-state index is 0.522. The molecular weight excluding hydrogens is 222 g/mol. The molecule has 1 rings (SSSR count). The molecule has 0 bridgehead atoms. The van der Waals surface area contributed by atoms with Gasteiger partial charge < -0.3 is 5.32 Å². The summed E-state index contributed by atoms with van der Waals surface area (Å²) in [4.78, 5) is 1.49. The molecule has 0 fully saturated rings. The van der Waals surface area contributed by atoms with E-state index in [1.54, 1.807) is 0 Å². The topological polar surface area (TPSA) is 12.0 Å². The van der Waals surface area contributed by atoms with E-state index in [1.165, 1.54) is 21.9 Å². The lowest BCUT2D eigenvalue weighted by Crippen LogP contribution is -2.18. The summed E-state index contributed by atoms with van der Waals surface area (Å²) in [7, 11) is 2.06. The molecule has 1 aromatic heterocycles. The molecule has 0 saturated carbocycles. The summed E-state index contributed by atoms with van der Waals surface area (Å²) in [5, 5.41) is 5.59. The highest BCUT2D eigenvalue weighted by molar-refractivity contribution is 7.99.